The van der Waals surface area contributed by atoms with Crippen LogP contribution in [0.15, 0.2) is 0 Å². The van der Waals surface area contributed by atoms with Crippen LogP contribution in [0.25, 0.3) is 0 Å². The minimum absolute atomic E-state index is 0.0493. The number of alkyl halides is 3. The van der Waals surface area contributed by atoms with Crippen molar-refractivity contribution >= 4 is 22.0 Å². The summed E-state index contributed by atoms with van der Waals surface area (Å²) in [5.74, 6) is 0.309. The maximum absolute atomic E-state index is 11.9. The van der Waals surface area contributed by atoms with Crippen molar-refractivity contribution in [2.45, 2.75) is 19.0 Å². The molecule has 0 aliphatic heterocycles. The monoisotopic (exact) mass is 279 g/mol. The van der Waals surface area contributed by atoms with E-state index in [4.69, 9.17) is 15.7 Å². The molecule has 1 aromatic heterocycles. The van der Waals surface area contributed by atoms with Gasteiger partial charge in [0.2, 0.25) is 0 Å². The molecule has 0 aliphatic carbocycles. The number of nitrogen functional groups attached to an aromatic ring is 1. The molecule has 0 amide bonds. The van der Waals surface area contributed by atoms with Gasteiger partial charge in [-0.25, -0.2) is 0 Å². The molecule has 0 bridgehead atoms. The standard InChI is InChI=1S/C10H12F3N3OS/c1-17-8-7(15)6(5-14)18-9(8)16-4-2-3-10(11,12)13/h16H,2-4,15H2,1H3. The second-order valence-electron chi connectivity index (χ2n) is 3.46. The summed E-state index contributed by atoms with van der Waals surface area (Å²) < 4.78 is 40.8. The van der Waals surface area contributed by atoms with Gasteiger partial charge in [0.05, 0.1) is 7.11 Å². The van der Waals surface area contributed by atoms with Gasteiger partial charge in [-0.15, -0.1) is 11.3 Å². The number of nitrogens with two attached hydrogens (primary N) is 1. The molecule has 1 aromatic rings. The van der Waals surface area contributed by atoms with Crippen molar-refractivity contribution in [1.82, 2.24) is 0 Å². The molecule has 0 saturated heterocycles. The molecular formula is C10H12F3N3OS. The molecule has 3 N–H and O–H groups in total. The zero-order valence-electron chi connectivity index (χ0n) is 9.60. The highest BCUT2D eigenvalue weighted by Crippen LogP contribution is 2.41. The Labute approximate surface area is 106 Å². The zero-order chi connectivity index (χ0) is 13.8. The summed E-state index contributed by atoms with van der Waals surface area (Å²) in [7, 11) is 1.39. The predicted molar refractivity (Wildman–Crippen MR) is 63.8 cm³/mol. The van der Waals surface area contributed by atoms with Crippen molar-refractivity contribution in [2.24, 2.45) is 0 Å². The molecule has 1 rings (SSSR count). The molecule has 0 saturated carbocycles. The van der Waals surface area contributed by atoms with Crippen LogP contribution in [0.3, 0.4) is 0 Å². The van der Waals surface area contributed by atoms with Crippen LogP contribution in [-0.2, 0) is 0 Å². The molecular weight excluding hydrogens is 267 g/mol. The van der Waals surface area contributed by atoms with E-state index in [0.29, 0.717) is 10.8 Å². The molecule has 1 heterocycles. The maximum Gasteiger partial charge on any atom is 0.389 e. The van der Waals surface area contributed by atoms with Crippen molar-refractivity contribution in [1.29, 1.82) is 5.26 Å². The maximum atomic E-state index is 11.9. The molecule has 100 valence electrons. The topological polar surface area (TPSA) is 71.1 Å². The number of nitrogens with zero attached hydrogens (tertiary/aromatic N) is 1. The lowest BCUT2D eigenvalue weighted by Crippen LogP contribution is -2.10. The number of anilines is 2. The normalized spacial score (nSPS) is 11.1. The van der Waals surface area contributed by atoms with Crippen LogP contribution in [-0.4, -0.2) is 19.8 Å². The fraction of sp³-hybridized carbons (Fsp3) is 0.500. The van der Waals surface area contributed by atoms with E-state index in [1.165, 1.54) is 7.11 Å². The fourth-order valence-corrected chi connectivity index (χ4v) is 2.23. The van der Waals surface area contributed by atoms with E-state index in [-0.39, 0.29) is 23.5 Å². The smallest absolute Gasteiger partial charge is 0.389 e. The molecule has 0 spiro atoms. The van der Waals surface area contributed by atoms with Crippen molar-refractivity contribution < 1.29 is 17.9 Å². The van der Waals surface area contributed by atoms with Gasteiger partial charge in [-0.3, -0.25) is 0 Å². The molecule has 0 atom stereocenters. The Morgan fingerprint density at radius 3 is 2.67 bits per heavy atom. The Hall–Kier alpha value is -1.62. The average Bonchev–Trinajstić information content (AvgIpc) is 2.59. The Morgan fingerprint density at radius 1 is 1.50 bits per heavy atom. The largest absolute Gasteiger partial charge is 0.492 e. The van der Waals surface area contributed by atoms with Gasteiger partial charge in [-0.1, -0.05) is 0 Å². The summed E-state index contributed by atoms with van der Waals surface area (Å²) in [5, 5.41) is 12.1. The van der Waals surface area contributed by atoms with E-state index in [2.05, 4.69) is 5.32 Å². The number of thiophene rings is 1. The number of halogens is 3. The van der Waals surface area contributed by atoms with Gasteiger partial charge in [0, 0.05) is 13.0 Å². The van der Waals surface area contributed by atoms with Crippen LogP contribution in [0.4, 0.5) is 23.9 Å². The van der Waals surface area contributed by atoms with Crippen molar-refractivity contribution in [3.63, 3.8) is 0 Å². The van der Waals surface area contributed by atoms with Crippen LogP contribution >= 0.6 is 11.3 Å². The van der Waals surface area contributed by atoms with Crippen LogP contribution < -0.4 is 15.8 Å². The van der Waals surface area contributed by atoms with E-state index in [9.17, 15) is 13.2 Å². The van der Waals surface area contributed by atoms with Gasteiger partial charge < -0.3 is 15.8 Å². The Kier molecular flexibility index (Phi) is 4.67. The molecule has 0 fully saturated rings. The predicted octanol–water partition coefficient (Wildman–Crippen LogP) is 2.96. The fourth-order valence-electron chi connectivity index (χ4n) is 1.32. The highest BCUT2D eigenvalue weighted by atomic mass is 32.1. The van der Waals surface area contributed by atoms with Crippen LogP contribution in [0.1, 0.15) is 17.7 Å². The minimum atomic E-state index is -4.15. The van der Waals surface area contributed by atoms with Gasteiger partial charge in [0.15, 0.2) is 5.75 Å². The van der Waals surface area contributed by atoms with E-state index >= 15 is 0 Å². The number of hydrogen-bond acceptors (Lipinski definition) is 5. The third-order valence-corrected chi connectivity index (χ3v) is 3.18. The Balaban J connectivity index is 2.60. The molecule has 8 heteroatoms. The summed E-state index contributed by atoms with van der Waals surface area (Å²) >= 11 is 1.07. The van der Waals surface area contributed by atoms with Crippen molar-refractivity contribution in [3.05, 3.63) is 4.88 Å². The lowest BCUT2D eigenvalue weighted by molar-refractivity contribution is -0.134. The third-order valence-electron chi connectivity index (χ3n) is 2.13. The second kappa shape index (κ2) is 5.82. The van der Waals surface area contributed by atoms with E-state index in [1.807, 2.05) is 6.07 Å². The van der Waals surface area contributed by atoms with E-state index < -0.39 is 12.6 Å². The summed E-state index contributed by atoms with van der Waals surface area (Å²) in [6.07, 6.45) is -5.06. The number of rotatable bonds is 5. The lowest BCUT2D eigenvalue weighted by Gasteiger charge is -2.08. The second-order valence-corrected chi connectivity index (χ2v) is 4.49. The van der Waals surface area contributed by atoms with Gasteiger partial charge in [0.25, 0.3) is 0 Å². The highest BCUT2D eigenvalue weighted by Gasteiger charge is 2.26. The third kappa shape index (κ3) is 3.70. The van der Waals surface area contributed by atoms with Crippen LogP contribution in [0.5, 0.6) is 5.75 Å². The SMILES string of the molecule is COc1c(NCCCC(F)(F)F)sc(C#N)c1N. The average molecular weight is 279 g/mol. The minimum Gasteiger partial charge on any atom is -0.492 e. The Bertz CT molecular complexity index is 450. The summed E-state index contributed by atoms with van der Waals surface area (Å²) in [6.45, 7) is 0.140. The van der Waals surface area contributed by atoms with E-state index in [1.54, 1.807) is 0 Å². The molecule has 4 nitrogen and oxygen atoms in total. The lowest BCUT2D eigenvalue weighted by atomic mass is 10.3. The Morgan fingerprint density at radius 2 is 2.17 bits per heavy atom. The first kappa shape index (κ1) is 14.4. The van der Waals surface area contributed by atoms with Gasteiger partial charge in [-0.05, 0) is 6.42 Å². The van der Waals surface area contributed by atoms with E-state index in [0.717, 1.165) is 11.3 Å². The number of ether oxygens (including phenoxy) is 1. The number of hydrogen-bond donors (Lipinski definition) is 2. The summed E-state index contributed by atoms with van der Waals surface area (Å²) in [5.41, 5.74) is 5.85. The van der Waals surface area contributed by atoms with Crippen molar-refractivity contribution in [3.8, 4) is 11.8 Å². The molecule has 18 heavy (non-hydrogen) atoms. The quantitative estimate of drug-likeness (QED) is 0.813. The van der Waals surface area contributed by atoms with Crippen molar-refractivity contribution in [2.75, 3.05) is 24.7 Å². The molecule has 0 radical (unpaired) electrons. The van der Waals surface area contributed by atoms with Crippen LogP contribution in [0, 0.1) is 11.3 Å². The summed E-state index contributed by atoms with van der Waals surface area (Å²) in [6, 6.07) is 1.90. The van der Waals surface area contributed by atoms with Gasteiger partial charge >= 0.3 is 6.18 Å². The first-order chi connectivity index (χ1) is 8.39. The number of nitrogens with one attached hydrogen (secondary N) is 1. The first-order valence-electron chi connectivity index (χ1n) is 5.06. The first-order valence-corrected chi connectivity index (χ1v) is 5.87. The number of methoxy groups -OCH3 is 1. The molecule has 0 aromatic carbocycles. The number of nitriles is 1. The van der Waals surface area contributed by atoms with Crippen LogP contribution in [0.2, 0.25) is 0 Å². The molecule has 0 unspecified atom stereocenters. The zero-order valence-corrected chi connectivity index (χ0v) is 10.4. The van der Waals surface area contributed by atoms with Gasteiger partial charge in [0.1, 0.15) is 21.6 Å². The van der Waals surface area contributed by atoms with Gasteiger partial charge in [-0.2, -0.15) is 18.4 Å². The summed E-state index contributed by atoms with van der Waals surface area (Å²) in [4.78, 5) is 0.283. The molecule has 0 aliphatic rings. The highest BCUT2D eigenvalue weighted by molar-refractivity contribution is 7.17.